The number of aromatic nitrogens is 3. The fourth-order valence-corrected chi connectivity index (χ4v) is 4.51. The van der Waals surface area contributed by atoms with Crippen molar-refractivity contribution in [2.75, 3.05) is 5.32 Å². The average Bonchev–Trinajstić information content (AvgIpc) is 3.24. The number of hydrogen-bond donors (Lipinski definition) is 2. The van der Waals surface area contributed by atoms with Gasteiger partial charge in [-0.2, -0.15) is 0 Å². The summed E-state index contributed by atoms with van der Waals surface area (Å²) in [5.74, 6) is -0.0180. The largest absolute Gasteiger partial charge is 0.331 e. The number of amides is 2. The van der Waals surface area contributed by atoms with Crippen LogP contribution in [0.5, 0.6) is 0 Å². The Morgan fingerprint density at radius 3 is 2.46 bits per heavy atom. The van der Waals surface area contributed by atoms with Crippen LogP contribution in [0.4, 0.5) is 19.3 Å². The van der Waals surface area contributed by atoms with Gasteiger partial charge >= 0.3 is 6.03 Å². The Labute approximate surface area is 218 Å². The Kier molecular flexibility index (Phi) is 8.12. The van der Waals surface area contributed by atoms with E-state index in [9.17, 15) is 13.6 Å². The van der Waals surface area contributed by atoms with Gasteiger partial charge in [0, 0.05) is 16.5 Å². The summed E-state index contributed by atoms with van der Waals surface area (Å²) in [6, 6.07) is 14.4. The van der Waals surface area contributed by atoms with E-state index in [0.29, 0.717) is 38.2 Å². The van der Waals surface area contributed by atoms with Crippen LogP contribution >= 0.6 is 46.6 Å². The molecule has 0 unspecified atom stereocenters. The van der Waals surface area contributed by atoms with E-state index in [1.165, 1.54) is 36.0 Å². The standard InChI is InChI=1S/C23H16Cl3F2N5OS/c24-14-3-7-17(25)20(9-14)33-21(11-29-22(34)30-16-6-8-19(28)18(26)10-16)31-32-23(33)35-12-13-1-4-15(27)5-2-13/h1-10H,11-12H2,(H2,29,30,34). The SMILES string of the molecule is O=C(NCc1nnc(SCc2ccc(F)cc2)n1-c1cc(Cl)ccc1Cl)Nc1ccc(F)c(Cl)c1. The molecule has 0 aliphatic rings. The Morgan fingerprint density at radius 2 is 1.71 bits per heavy atom. The summed E-state index contributed by atoms with van der Waals surface area (Å²) >= 11 is 19.8. The molecular formula is C23H16Cl3F2N5OS. The molecule has 0 aliphatic heterocycles. The second kappa shape index (κ2) is 11.3. The van der Waals surface area contributed by atoms with E-state index in [1.54, 1.807) is 34.9 Å². The number of carbonyl (C=O) groups is 1. The predicted octanol–water partition coefficient (Wildman–Crippen LogP) is 7.12. The molecule has 0 saturated carbocycles. The van der Waals surface area contributed by atoms with E-state index in [2.05, 4.69) is 20.8 Å². The van der Waals surface area contributed by atoms with Crippen LogP contribution in [0, 0.1) is 11.6 Å². The topological polar surface area (TPSA) is 71.8 Å². The summed E-state index contributed by atoms with van der Waals surface area (Å²) in [5, 5.41) is 15.0. The lowest BCUT2D eigenvalue weighted by molar-refractivity contribution is 0.251. The molecule has 0 atom stereocenters. The van der Waals surface area contributed by atoms with Crippen molar-refractivity contribution in [3.8, 4) is 5.69 Å². The van der Waals surface area contributed by atoms with Crippen molar-refractivity contribution in [3.63, 3.8) is 0 Å². The van der Waals surface area contributed by atoms with Crippen molar-refractivity contribution >= 4 is 58.3 Å². The number of rotatable bonds is 7. The highest BCUT2D eigenvalue weighted by Gasteiger charge is 2.18. The lowest BCUT2D eigenvalue weighted by Crippen LogP contribution is -2.29. The van der Waals surface area contributed by atoms with Gasteiger partial charge in [0.05, 0.1) is 22.3 Å². The first-order valence-electron chi connectivity index (χ1n) is 10.1. The molecule has 1 heterocycles. The first kappa shape index (κ1) is 25.2. The van der Waals surface area contributed by atoms with Gasteiger partial charge in [0.2, 0.25) is 0 Å². The molecule has 180 valence electrons. The molecule has 2 amide bonds. The number of nitrogens with zero attached hydrogens (tertiary/aromatic N) is 3. The molecule has 6 nitrogen and oxygen atoms in total. The van der Waals surface area contributed by atoms with Gasteiger partial charge in [-0.3, -0.25) is 4.57 Å². The normalized spacial score (nSPS) is 10.9. The molecule has 4 rings (SSSR count). The molecular weight excluding hydrogens is 539 g/mol. The highest BCUT2D eigenvalue weighted by molar-refractivity contribution is 7.98. The van der Waals surface area contributed by atoms with E-state index in [-0.39, 0.29) is 17.4 Å². The zero-order valence-electron chi connectivity index (χ0n) is 17.7. The van der Waals surface area contributed by atoms with Gasteiger partial charge < -0.3 is 10.6 Å². The van der Waals surface area contributed by atoms with Crippen LogP contribution in [0.15, 0.2) is 65.8 Å². The van der Waals surface area contributed by atoms with Crippen molar-refractivity contribution in [2.24, 2.45) is 0 Å². The Bertz CT molecular complexity index is 1370. The van der Waals surface area contributed by atoms with E-state index >= 15 is 0 Å². The minimum atomic E-state index is -0.588. The van der Waals surface area contributed by atoms with Crippen molar-refractivity contribution in [3.05, 3.63) is 98.8 Å². The summed E-state index contributed by atoms with van der Waals surface area (Å²) in [6.45, 7) is -0.00624. The smallest absolute Gasteiger partial charge is 0.319 e. The van der Waals surface area contributed by atoms with E-state index in [1.807, 2.05) is 0 Å². The zero-order chi connectivity index (χ0) is 24.9. The summed E-state index contributed by atoms with van der Waals surface area (Å²) in [4.78, 5) is 12.4. The minimum Gasteiger partial charge on any atom is -0.331 e. The number of thioether (sulfide) groups is 1. The second-order valence-corrected chi connectivity index (χ2v) is 9.37. The molecule has 35 heavy (non-hydrogen) atoms. The number of benzene rings is 3. The number of nitrogens with one attached hydrogen (secondary N) is 2. The first-order valence-corrected chi connectivity index (χ1v) is 12.2. The van der Waals surface area contributed by atoms with Crippen LogP contribution in [0.2, 0.25) is 15.1 Å². The highest BCUT2D eigenvalue weighted by Crippen LogP contribution is 2.31. The van der Waals surface area contributed by atoms with Gasteiger partial charge in [0.15, 0.2) is 11.0 Å². The molecule has 0 fully saturated rings. The second-order valence-electron chi connectivity index (χ2n) is 7.18. The summed E-state index contributed by atoms with van der Waals surface area (Å²) in [7, 11) is 0. The maximum Gasteiger partial charge on any atom is 0.319 e. The fraction of sp³-hybridized carbons (Fsp3) is 0.0870. The van der Waals surface area contributed by atoms with Crippen molar-refractivity contribution in [2.45, 2.75) is 17.5 Å². The molecule has 1 aromatic heterocycles. The Balaban J connectivity index is 1.55. The number of halogens is 5. The quantitative estimate of drug-likeness (QED) is 0.239. The van der Waals surface area contributed by atoms with Crippen molar-refractivity contribution in [1.29, 1.82) is 0 Å². The van der Waals surface area contributed by atoms with Crippen molar-refractivity contribution < 1.29 is 13.6 Å². The Morgan fingerprint density at radius 1 is 0.943 bits per heavy atom. The van der Waals surface area contributed by atoms with Gasteiger partial charge in [-0.25, -0.2) is 13.6 Å². The summed E-state index contributed by atoms with van der Waals surface area (Å²) in [5.41, 5.74) is 1.75. The van der Waals surface area contributed by atoms with E-state index in [4.69, 9.17) is 34.8 Å². The van der Waals surface area contributed by atoms with Crippen LogP contribution in [-0.4, -0.2) is 20.8 Å². The first-order chi connectivity index (χ1) is 16.8. The molecule has 0 bridgehead atoms. The minimum absolute atomic E-state index is 0.00624. The molecule has 3 aromatic carbocycles. The van der Waals surface area contributed by atoms with Gasteiger partial charge in [-0.1, -0.05) is 58.7 Å². The third-order valence-electron chi connectivity index (χ3n) is 4.72. The van der Waals surface area contributed by atoms with E-state index in [0.717, 1.165) is 11.6 Å². The molecule has 0 saturated heterocycles. The Hall–Kier alpha value is -2.85. The highest BCUT2D eigenvalue weighted by atomic mass is 35.5. The molecule has 0 radical (unpaired) electrons. The molecule has 4 aromatic rings. The molecule has 12 heteroatoms. The third-order valence-corrected chi connectivity index (χ3v) is 6.56. The fourth-order valence-electron chi connectivity index (χ4n) is 3.04. The predicted molar refractivity (Wildman–Crippen MR) is 135 cm³/mol. The summed E-state index contributed by atoms with van der Waals surface area (Å²) < 4.78 is 28.3. The van der Waals surface area contributed by atoms with Crippen LogP contribution in [-0.2, 0) is 12.3 Å². The van der Waals surface area contributed by atoms with Gasteiger partial charge in [0.1, 0.15) is 11.6 Å². The van der Waals surface area contributed by atoms with Gasteiger partial charge in [-0.15, -0.1) is 10.2 Å². The molecule has 0 aliphatic carbocycles. The van der Waals surface area contributed by atoms with Crippen LogP contribution in [0.25, 0.3) is 5.69 Å². The lowest BCUT2D eigenvalue weighted by atomic mass is 10.2. The molecule has 2 N–H and O–H groups in total. The lowest BCUT2D eigenvalue weighted by Gasteiger charge is -2.13. The van der Waals surface area contributed by atoms with Crippen LogP contribution in [0.3, 0.4) is 0 Å². The zero-order valence-corrected chi connectivity index (χ0v) is 20.8. The van der Waals surface area contributed by atoms with E-state index < -0.39 is 11.8 Å². The number of anilines is 1. The van der Waals surface area contributed by atoms with Gasteiger partial charge in [0.25, 0.3) is 0 Å². The monoisotopic (exact) mass is 553 g/mol. The van der Waals surface area contributed by atoms with Crippen molar-refractivity contribution in [1.82, 2.24) is 20.1 Å². The average molecular weight is 555 g/mol. The number of urea groups is 1. The number of carbonyl (C=O) groups excluding carboxylic acids is 1. The maximum absolute atomic E-state index is 13.3. The summed E-state index contributed by atoms with van der Waals surface area (Å²) in [6.07, 6.45) is 0. The molecule has 0 spiro atoms. The number of hydrogen-bond acceptors (Lipinski definition) is 4. The maximum atomic E-state index is 13.3. The van der Waals surface area contributed by atoms with Crippen LogP contribution in [0.1, 0.15) is 11.4 Å². The van der Waals surface area contributed by atoms with Crippen LogP contribution < -0.4 is 10.6 Å². The third kappa shape index (κ3) is 6.43. The van der Waals surface area contributed by atoms with Gasteiger partial charge in [-0.05, 0) is 54.1 Å².